The summed E-state index contributed by atoms with van der Waals surface area (Å²) in [6.07, 6.45) is 2.60. The van der Waals surface area contributed by atoms with E-state index >= 15 is 0 Å². The molecule has 0 unspecified atom stereocenters. The molecule has 170 valence electrons. The van der Waals surface area contributed by atoms with Crippen molar-refractivity contribution in [2.24, 2.45) is 0 Å². The molecule has 12 heteroatoms. The Balaban J connectivity index is 1.62. The highest BCUT2D eigenvalue weighted by atomic mass is 35.5. The maximum Gasteiger partial charge on any atom is 0.335 e. The van der Waals surface area contributed by atoms with Crippen molar-refractivity contribution < 1.29 is 17.9 Å². The maximum atomic E-state index is 12.9. The zero-order valence-electron chi connectivity index (χ0n) is 17.7. The summed E-state index contributed by atoms with van der Waals surface area (Å²) in [6.45, 7) is 1.69. The van der Waals surface area contributed by atoms with Gasteiger partial charge in [-0.15, -0.1) is 5.10 Å². The number of carbonyl (C=O) groups excluding carboxylic acids is 1. The number of nitrogens with one attached hydrogen (secondary N) is 1. The number of hydrogen-bond acceptors (Lipinski definition) is 8. The summed E-state index contributed by atoms with van der Waals surface area (Å²) in [7, 11) is -2.10. The summed E-state index contributed by atoms with van der Waals surface area (Å²) >= 11 is 6.11. The number of methoxy groups -OCH3 is 1. The fourth-order valence-electron chi connectivity index (χ4n) is 3.19. The highest BCUT2D eigenvalue weighted by Gasteiger charge is 2.37. The van der Waals surface area contributed by atoms with Crippen LogP contribution in [0, 0.1) is 11.3 Å². The first-order chi connectivity index (χ1) is 15.7. The lowest BCUT2D eigenvalue weighted by atomic mass is 10.2. The van der Waals surface area contributed by atoms with E-state index < -0.39 is 27.0 Å². The van der Waals surface area contributed by atoms with Crippen LogP contribution < -0.4 is 10.1 Å². The second kappa shape index (κ2) is 8.80. The molecule has 0 radical (unpaired) electrons. The van der Waals surface area contributed by atoms with Gasteiger partial charge in [-0.2, -0.15) is 14.9 Å². The lowest BCUT2D eigenvalue weighted by Crippen LogP contribution is -2.29. The number of benzene rings is 1. The van der Waals surface area contributed by atoms with Gasteiger partial charge in [0.05, 0.1) is 28.9 Å². The normalized spacial score (nSPS) is 14.4. The monoisotopic (exact) mass is 486 g/mol. The fraction of sp³-hybridized carbons (Fsp3) is 0.286. The van der Waals surface area contributed by atoms with E-state index in [1.807, 2.05) is 6.07 Å². The van der Waals surface area contributed by atoms with Gasteiger partial charge >= 0.3 is 6.01 Å². The molecule has 1 amide bonds. The van der Waals surface area contributed by atoms with E-state index in [1.54, 1.807) is 19.1 Å². The minimum Gasteiger partial charge on any atom is -0.466 e. The molecule has 3 aromatic rings. The van der Waals surface area contributed by atoms with Crippen molar-refractivity contribution in [2.75, 3.05) is 7.11 Å². The number of pyridine rings is 1. The quantitative estimate of drug-likeness (QED) is 0.537. The smallest absolute Gasteiger partial charge is 0.335 e. The molecule has 1 aliphatic carbocycles. The first-order valence-corrected chi connectivity index (χ1v) is 11.9. The molecule has 2 aromatic heterocycles. The van der Waals surface area contributed by atoms with E-state index in [1.165, 1.54) is 36.2 Å². The number of rotatable bonds is 7. The van der Waals surface area contributed by atoms with Gasteiger partial charge < -0.3 is 10.1 Å². The molecule has 2 heterocycles. The summed E-state index contributed by atoms with van der Waals surface area (Å²) in [6, 6.07) is 8.66. The highest BCUT2D eigenvalue weighted by Crippen LogP contribution is 2.34. The third kappa shape index (κ3) is 4.67. The predicted molar refractivity (Wildman–Crippen MR) is 118 cm³/mol. The van der Waals surface area contributed by atoms with E-state index in [9.17, 15) is 13.2 Å². The van der Waals surface area contributed by atoms with Crippen LogP contribution in [0.25, 0.3) is 5.82 Å². The molecule has 4 rings (SSSR count). The number of sulfone groups is 1. The van der Waals surface area contributed by atoms with Crippen LogP contribution in [-0.4, -0.2) is 46.4 Å². The zero-order valence-corrected chi connectivity index (χ0v) is 19.3. The average molecular weight is 487 g/mol. The van der Waals surface area contributed by atoms with Crippen molar-refractivity contribution in [3.05, 3.63) is 58.5 Å². The van der Waals surface area contributed by atoms with Crippen molar-refractivity contribution in [1.82, 2.24) is 25.1 Å². The highest BCUT2D eigenvalue weighted by molar-refractivity contribution is 7.92. The SMILES string of the molecule is COc1nc([C@H](C)NC(=O)c2cc(Cl)cc(S(=O)(=O)C3CC3)c2)n(-c2ccc(C#N)cn2)n1. The van der Waals surface area contributed by atoms with Crippen LogP contribution in [0.2, 0.25) is 5.02 Å². The van der Waals surface area contributed by atoms with Crippen LogP contribution in [0.5, 0.6) is 6.01 Å². The minimum absolute atomic E-state index is 0.0296. The third-order valence-corrected chi connectivity index (χ3v) is 7.51. The second-order valence-electron chi connectivity index (χ2n) is 7.50. The van der Waals surface area contributed by atoms with Gasteiger partial charge in [0.2, 0.25) is 0 Å². The Morgan fingerprint density at radius 1 is 1.33 bits per heavy atom. The average Bonchev–Trinajstić information content (AvgIpc) is 3.58. The Kier molecular flexibility index (Phi) is 6.05. The predicted octanol–water partition coefficient (Wildman–Crippen LogP) is 2.62. The molecule has 0 aliphatic heterocycles. The molecule has 1 aliphatic rings. The van der Waals surface area contributed by atoms with Gasteiger partial charge in [0, 0.05) is 16.8 Å². The van der Waals surface area contributed by atoms with Crippen LogP contribution >= 0.6 is 11.6 Å². The largest absolute Gasteiger partial charge is 0.466 e. The van der Waals surface area contributed by atoms with Gasteiger partial charge in [0.25, 0.3) is 5.91 Å². The molecular weight excluding hydrogens is 468 g/mol. The molecule has 1 aromatic carbocycles. The number of amides is 1. The van der Waals surface area contributed by atoms with Gasteiger partial charge in [-0.25, -0.2) is 13.4 Å². The van der Waals surface area contributed by atoms with E-state index in [2.05, 4.69) is 20.4 Å². The molecule has 0 spiro atoms. The molecule has 1 saturated carbocycles. The maximum absolute atomic E-state index is 12.9. The Morgan fingerprint density at radius 2 is 2.09 bits per heavy atom. The van der Waals surface area contributed by atoms with Crippen molar-refractivity contribution in [3.63, 3.8) is 0 Å². The van der Waals surface area contributed by atoms with Gasteiger partial charge in [-0.1, -0.05) is 11.6 Å². The van der Waals surface area contributed by atoms with Gasteiger partial charge in [0.1, 0.15) is 6.07 Å². The zero-order chi connectivity index (χ0) is 23.8. The molecule has 0 bridgehead atoms. The summed E-state index contributed by atoms with van der Waals surface area (Å²) in [5, 5.41) is 15.7. The molecule has 0 saturated heterocycles. The van der Waals surface area contributed by atoms with E-state index in [-0.39, 0.29) is 21.5 Å². The number of ether oxygens (including phenoxy) is 1. The fourth-order valence-corrected chi connectivity index (χ4v) is 5.21. The van der Waals surface area contributed by atoms with Crippen LogP contribution in [0.4, 0.5) is 0 Å². The first kappa shape index (κ1) is 22.7. The molecular formula is C21H19ClN6O4S. The van der Waals surface area contributed by atoms with Gasteiger partial charge in [-0.3, -0.25) is 4.79 Å². The topological polar surface area (TPSA) is 140 Å². The van der Waals surface area contributed by atoms with Crippen LogP contribution in [0.15, 0.2) is 41.4 Å². The summed E-state index contributed by atoms with van der Waals surface area (Å²) in [5.74, 6) is 0.172. The van der Waals surface area contributed by atoms with Gasteiger partial charge in [-0.05, 0) is 50.1 Å². The van der Waals surface area contributed by atoms with Gasteiger partial charge in [0.15, 0.2) is 21.5 Å². The van der Waals surface area contributed by atoms with Crippen LogP contribution in [0.1, 0.15) is 47.6 Å². The summed E-state index contributed by atoms with van der Waals surface area (Å²) in [4.78, 5) is 21.5. The van der Waals surface area contributed by atoms with E-state index in [0.717, 1.165) is 0 Å². The number of nitrogens with zero attached hydrogens (tertiary/aromatic N) is 5. The number of halogens is 1. The second-order valence-corrected chi connectivity index (χ2v) is 10.2. The van der Waals surface area contributed by atoms with E-state index in [4.69, 9.17) is 21.6 Å². The third-order valence-electron chi connectivity index (χ3n) is 5.05. The molecule has 1 N–H and O–H groups in total. The standard InChI is InChI=1S/C21H19ClN6O4S/c1-12(19-26-21(32-2)27-28(19)18-6-3-13(10-23)11-24-18)25-20(29)14-7-15(22)9-17(8-14)33(30,31)16-4-5-16/h3,6-9,11-12,16H,4-5H2,1-2H3,(H,25,29)/t12-/m0/s1. The minimum atomic E-state index is -3.51. The van der Waals surface area contributed by atoms with Crippen molar-refractivity contribution in [3.8, 4) is 17.9 Å². The van der Waals surface area contributed by atoms with Crippen molar-refractivity contribution in [2.45, 2.75) is 36.0 Å². The Labute approximate surface area is 195 Å². The Hall–Kier alpha value is -3.49. The van der Waals surface area contributed by atoms with Crippen LogP contribution in [0.3, 0.4) is 0 Å². The lowest BCUT2D eigenvalue weighted by Gasteiger charge is -2.15. The molecule has 1 atom stereocenters. The number of nitriles is 1. The van der Waals surface area contributed by atoms with Crippen molar-refractivity contribution >= 4 is 27.3 Å². The van der Waals surface area contributed by atoms with Crippen molar-refractivity contribution in [1.29, 1.82) is 5.26 Å². The molecule has 10 nitrogen and oxygen atoms in total. The Morgan fingerprint density at radius 3 is 2.70 bits per heavy atom. The summed E-state index contributed by atoms with van der Waals surface area (Å²) in [5.41, 5.74) is 0.495. The van der Waals surface area contributed by atoms with Crippen LogP contribution in [-0.2, 0) is 9.84 Å². The van der Waals surface area contributed by atoms with E-state index in [0.29, 0.717) is 30.0 Å². The number of hydrogen-bond donors (Lipinski definition) is 1. The molecule has 33 heavy (non-hydrogen) atoms. The summed E-state index contributed by atoms with van der Waals surface area (Å²) < 4.78 is 31.7. The molecule has 1 fully saturated rings. The first-order valence-electron chi connectivity index (χ1n) is 9.95. The lowest BCUT2D eigenvalue weighted by molar-refractivity contribution is 0.0937. The Bertz CT molecular complexity index is 1360. The number of carbonyl (C=O) groups is 1. The number of aromatic nitrogens is 4.